The molecule has 2 heterocycles. The fraction of sp³-hybridized carbons (Fsp3) is 0.700. The molecule has 0 bridgehead atoms. The molecular formula is C30H38O7. The summed E-state index contributed by atoms with van der Waals surface area (Å²) >= 11 is 0. The van der Waals surface area contributed by atoms with Crippen LogP contribution in [0.2, 0.25) is 0 Å². The fourth-order valence-corrected chi connectivity index (χ4v) is 9.09. The molecule has 0 aromatic rings. The maximum atomic E-state index is 13.4. The molecule has 1 saturated heterocycles. The standard InChI is InChI=1S/C30H38O7/c1-14-12-20(36-27(33)15(14)2)16(3)24-21(35-17(4)31)13-19-23-18(9-11-28(19,24)5)29(6)22(32)8-7-10-30(29,34)26-25(23)37-26/h7-8,18-21,23,25-26,34H,9-13H2,1-6H3/t18-,19-,20-,21-,23+,25-,26-,28-,29-,30-/m0/s1. The van der Waals surface area contributed by atoms with E-state index in [9.17, 15) is 19.5 Å². The lowest BCUT2D eigenvalue weighted by Crippen LogP contribution is -2.67. The Morgan fingerprint density at radius 2 is 1.89 bits per heavy atom. The minimum Gasteiger partial charge on any atom is -0.458 e. The van der Waals surface area contributed by atoms with Gasteiger partial charge in [-0.1, -0.05) is 18.6 Å². The van der Waals surface area contributed by atoms with Crippen LogP contribution in [0.3, 0.4) is 0 Å². The van der Waals surface area contributed by atoms with E-state index in [-0.39, 0.29) is 59.2 Å². The molecule has 0 unspecified atom stereocenters. The second-order valence-corrected chi connectivity index (χ2v) is 12.8. The molecule has 1 N–H and O–H groups in total. The van der Waals surface area contributed by atoms with E-state index in [1.54, 1.807) is 19.1 Å². The van der Waals surface area contributed by atoms with Crippen LogP contribution < -0.4 is 0 Å². The molecular weight excluding hydrogens is 472 g/mol. The molecule has 2 aliphatic heterocycles. The molecule has 0 aromatic carbocycles. The van der Waals surface area contributed by atoms with Crippen LogP contribution in [-0.4, -0.2) is 52.8 Å². The Balaban J connectivity index is 1.43. The van der Waals surface area contributed by atoms with Crippen molar-refractivity contribution < 1.29 is 33.7 Å². The van der Waals surface area contributed by atoms with Gasteiger partial charge in [0.05, 0.1) is 11.5 Å². The van der Waals surface area contributed by atoms with Crippen molar-refractivity contribution in [3.8, 4) is 0 Å². The molecule has 7 heteroatoms. The van der Waals surface area contributed by atoms with Gasteiger partial charge in [-0.2, -0.15) is 0 Å². The van der Waals surface area contributed by atoms with E-state index >= 15 is 0 Å². The largest absolute Gasteiger partial charge is 0.458 e. The molecule has 0 spiro atoms. The van der Waals surface area contributed by atoms with Crippen molar-refractivity contribution in [2.24, 2.45) is 28.6 Å². The smallest absolute Gasteiger partial charge is 0.334 e. The van der Waals surface area contributed by atoms with Crippen LogP contribution in [0.4, 0.5) is 0 Å². The number of rotatable bonds is 2. The predicted octanol–water partition coefficient (Wildman–Crippen LogP) is 3.99. The number of ketones is 1. The number of carbonyl (C=O) groups is 3. The van der Waals surface area contributed by atoms with Gasteiger partial charge in [-0.3, -0.25) is 9.59 Å². The Labute approximate surface area is 218 Å². The zero-order chi connectivity index (χ0) is 26.7. The predicted molar refractivity (Wildman–Crippen MR) is 134 cm³/mol. The lowest BCUT2D eigenvalue weighted by molar-refractivity contribution is -0.178. The molecule has 7 nitrogen and oxygen atoms in total. The second kappa shape index (κ2) is 7.89. The number of esters is 2. The van der Waals surface area contributed by atoms with Gasteiger partial charge in [0.15, 0.2) is 5.78 Å². The summed E-state index contributed by atoms with van der Waals surface area (Å²) in [6.07, 6.45) is 5.45. The van der Waals surface area contributed by atoms with Gasteiger partial charge < -0.3 is 19.3 Å². The number of fused-ring (bicyclic) bond motifs is 8. The average Bonchev–Trinajstić information content (AvgIpc) is 3.57. The Kier molecular flexibility index (Phi) is 5.34. The van der Waals surface area contributed by atoms with Crippen molar-refractivity contribution in [2.75, 3.05) is 0 Å². The van der Waals surface area contributed by atoms with Gasteiger partial charge in [0, 0.05) is 18.9 Å². The van der Waals surface area contributed by atoms with E-state index in [0.717, 1.165) is 29.6 Å². The molecule has 37 heavy (non-hydrogen) atoms. The van der Waals surface area contributed by atoms with E-state index in [0.29, 0.717) is 24.8 Å². The van der Waals surface area contributed by atoms with Crippen LogP contribution in [0.1, 0.15) is 73.6 Å². The van der Waals surface area contributed by atoms with Crippen LogP contribution in [0, 0.1) is 28.6 Å². The molecule has 10 atom stereocenters. The summed E-state index contributed by atoms with van der Waals surface area (Å²) in [5.41, 5.74) is 1.34. The van der Waals surface area contributed by atoms with Crippen molar-refractivity contribution in [3.63, 3.8) is 0 Å². The van der Waals surface area contributed by atoms with Gasteiger partial charge in [0.25, 0.3) is 0 Å². The van der Waals surface area contributed by atoms with E-state index < -0.39 is 17.1 Å². The quantitative estimate of drug-likeness (QED) is 0.340. The van der Waals surface area contributed by atoms with Crippen molar-refractivity contribution in [2.45, 2.75) is 104 Å². The van der Waals surface area contributed by atoms with E-state index in [1.807, 2.05) is 20.8 Å². The first-order chi connectivity index (χ1) is 17.3. The second-order valence-electron chi connectivity index (χ2n) is 12.8. The third-order valence-electron chi connectivity index (χ3n) is 11.3. The number of hydrogen-bond donors (Lipinski definition) is 1. The minimum atomic E-state index is -1.18. The molecule has 4 fully saturated rings. The topological polar surface area (TPSA) is 102 Å². The van der Waals surface area contributed by atoms with Crippen LogP contribution in [0.25, 0.3) is 0 Å². The summed E-state index contributed by atoms with van der Waals surface area (Å²) in [4.78, 5) is 38.2. The van der Waals surface area contributed by atoms with E-state index in [2.05, 4.69) is 6.92 Å². The number of epoxide rings is 1. The highest BCUT2D eigenvalue weighted by Crippen LogP contribution is 2.71. The first-order valence-corrected chi connectivity index (χ1v) is 13.7. The summed E-state index contributed by atoms with van der Waals surface area (Å²) < 4.78 is 18.0. The molecule has 6 rings (SSSR count). The Morgan fingerprint density at radius 3 is 2.57 bits per heavy atom. The molecule has 3 saturated carbocycles. The first kappa shape index (κ1) is 25.1. The van der Waals surface area contributed by atoms with Crippen molar-refractivity contribution in [1.29, 1.82) is 0 Å². The minimum absolute atomic E-state index is 0.0120. The maximum absolute atomic E-state index is 13.4. The monoisotopic (exact) mass is 510 g/mol. The zero-order valence-corrected chi connectivity index (χ0v) is 22.6. The number of carbonyl (C=O) groups excluding carboxylic acids is 3. The number of ether oxygens (including phenoxy) is 3. The van der Waals surface area contributed by atoms with Crippen molar-refractivity contribution in [3.05, 3.63) is 34.4 Å². The maximum Gasteiger partial charge on any atom is 0.334 e. The molecule has 0 radical (unpaired) electrons. The summed E-state index contributed by atoms with van der Waals surface area (Å²) in [5.74, 6) is -0.464. The zero-order valence-electron chi connectivity index (χ0n) is 22.6. The summed E-state index contributed by atoms with van der Waals surface area (Å²) in [5, 5.41) is 11.8. The lowest BCUT2D eigenvalue weighted by atomic mass is 9.44. The van der Waals surface area contributed by atoms with Crippen molar-refractivity contribution in [1.82, 2.24) is 0 Å². The van der Waals surface area contributed by atoms with Crippen molar-refractivity contribution >= 4 is 17.7 Å². The third kappa shape index (κ3) is 3.16. The Bertz CT molecular complexity index is 1190. The van der Waals surface area contributed by atoms with Gasteiger partial charge in [0.1, 0.15) is 23.9 Å². The molecule has 4 aliphatic carbocycles. The van der Waals surface area contributed by atoms with Gasteiger partial charge in [-0.15, -0.1) is 0 Å². The van der Waals surface area contributed by atoms with Crippen LogP contribution in [0.5, 0.6) is 0 Å². The highest BCUT2D eigenvalue weighted by atomic mass is 16.6. The third-order valence-corrected chi connectivity index (χ3v) is 11.3. The van der Waals surface area contributed by atoms with E-state index in [4.69, 9.17) is 14.2 Å². The SMILES string of the molecule is CC(=O)O[C@H]1C[C@H]2[C@@H]3[C@@H]4O[C@@H]4[C@@]4(O)CC=CC(=O)[C@]4(C)[C@H]3CC[C@]2(C)C1=C(C)[C@@H]1CC(C)=C(C)C(=O)O1. The normalized spacial score (nSPS) is 49.4. The van der Waals surface area contributed by atoms with Crippen LogP contribution in [-0.2, 0) is 28.6 Å². The number of hydrogen-bond acceptors (Lipinski definition) is 7. The number of allylic oxidation sites excluding steroid dienone is 1. The summed E-state index contributed by atoms with van der Waals surface area (Å²) in [6, 6.07) is 0. The summed E-state index contributed by atoms with van der Waals surface area (Å²) in [6.45, 7) is 11.4. The Hall–Kier alpha value is -2.25. The first-order valence-electron chi connectivity index (χ1n) is 13.7. The summed E-state index contributed by atoms with van der Waals surface area (Å²) in [7, 11) is 0. The average molecular weight is 511 g/mol. The van der Waals surface area contributed by atoms with E-state index in [1.165, 1.54) is 6.92 Å². The molecule has 200 valence electrons. The van der Waals surface area contributed by atoms with Crippen LogP contribution in [0.15, 0.2) is 34.4 Å². The molecule has 0 amide bonds. The highest BCUT2D eigenvalue weighted by molar-refractivity contribution is 5.97. The fourth-order valence-electron chi connectivity index (χ4n) is 9.09. The van der Waals surface area contributed by atoms with Gasteiger partial charge >= 0.3 is 11.9 Å². The Morgan fingerprint density at radius 1 is 1.16 bits per heavy atom. The van der Waals surface area contributed by atoms with Gasteiger partial charge in [-0.25, -0.2) is 4.79 Å². The highest BCUT2D eigenvalue weighted by Gasteiger charge is 2.77. The molecule has 0 aromatic heterocycles. The molecule has 6 aliphatic rings. The van der Waals surface area contributed by atoms with Gasteiger partial charge in [0.2, 0.25) is 0 Å². The lowest BCUT2D eigenvalue weighted by Gasteiger charge is -2.59. The van der Waals surface area contributed by atoms with Gasteiger partial charge in [-0.05, 0) is 93.8 Å². The number of cyclic esters (lactones) is 1. The van der Waals surface area contributed by atoms with Crippen LogP contribution >= 0.6 is 0 Å². The number of aliphatic hydroxyl groups is 1.